The third-order valence-electron chi connectivity index (χ3n) is 12.8. The molecule has 0 N–H and O–H groups in total. The van der Waals surface area contributed by atoms with Crippen molar-refractivity contribution < 1.29 is 70.2 Å². The first kappa shape index (κ1) is 68.8. The van der Waals surface area contributed by atoms with E-state index < -0.39 is 182 Å². The molecule has 9 rings (SSSR count). The number of aromatic nitrogens is 6. The third kappa shape index (κ3) is 10.9. The van der Waals surface area contributed by atoms with Gasteiger partial charge < -0.3 is 9.69 Å². The van der Waals surface area contributed by atoms with Gasteiger partial charge in [0.2, 0.25) is 16.7 Å². The van der Waals surface area contributed by atoms with Gasteiger partial charge in [-0.1, -0.05) is 13.1 Å². The van der Waals surface area contributed by atoms with Crippen molar-refractivity contribution in [2.75, 3.05) is 0 Å². The summed E-state index contributed by atoms with van der Waals surface area (Å²) in [7, 11) is 0. The minimum atomic E-state index is -2.52. The number of rotatable bonds is 3. The van der Waals surface area contributed by atoms with Gasteiger partial charge in [0, 0.05) is 5.57 Å². The van der Waals surface area contributed by atoms with Crippen molar-refractivity contribution in [1.82, 2.24) is 29.9 Å². The highest BCUT2D eigenvalue weighted by molar-refractivity contribution is 6.19. The molecule has 0 radical (unpaired) electrons. The lowest BCUT2D eigenvalue weighted by atomic mass is 9.99. The second-order valence-electron chi connectivity index (χ2n) is 17.7. The number of fused-ring (bicyclic) bond motifs is 6. The van der Waals surface area contributed by atoms with E-state index in [1.165, 1.54) is 6.07 Å². The standard InChI is InChI=1S/C30F12N6.C18N12.C12H3F4N3/c1-47-29(16-25(39)19(33)10(6-46)20(34)26(16)40)15-11(7(3-43)13-21(35)17(31)9(5-45)18(32)22(13)36)12(15)8(4-44)14-23(37)27(41)30(48-2)28(42)24(14)38;1-23-17-9(5-21)27-13-11-12(26-8(4-20)7(3-19)25-11)14-16(15(13)29-17)30-18(24-2)10(6-22)28-14;1-5(2-17)7-9(13)11(15)8(6(3-18)4-19)12(16)10(7)14/h;;1H3. The van der Waals surface area contributed by atoms with Crippen molar-refractivity contribution in [2.45, 2.75) is 6.92 Å². The Balaban J connectivity index is 0.000000229. The van der Waals surface area contributed by atoms with Crippen LogP contribution in [-0.2, 0) is 0 Å². The summed E-state index contributed by atoms with van der Waals surface area (Å²) < 4.78 is 232. The Morgan fingerprint density at radius 1 is 0.320 bits per heavy atom. The van der Waals surface area contributed by atoms with Crippen LogP contribution in [0.15, 0.2) is 16.7 Å². The molecule has 5 aromatic carbocycles. The number of nitrogens with zero attached hydrogens (tertiary/aromatic N) is 21. The Hall–Kier alpha value is -15.7. The molecule has 3 aromatic heterocycles. The Kier molecular flexibility index (Phi) is 19.0. The molecule has 0 unspecified atom stereocenters. The molecule has 37 heteroatoms. The summed E-state index contributed by atoms with van der Waals surface area (Å²) in [5.41, 5.74) is -24.2. The Labute approximate surface area is 525 Å². The fourth-order valence-corrected chi connectivity index (χ4v) is 8.57. The number of hydrogen-bond acceptors (Lipinski definition) is 17. The molecule has 1 saturated carbocycles. The smallest absolute Gasteiger partial charge is 0.307 e. The largest absolute Gasteiger partial charge is 0.358 e. The predicted octanol–water partition coefficient (Wildman–Crippen LogP) is 11.5. The maximum atomic E-state index is 15.0. The molecule has 1 fully saturated rings. The summed E-state index contributed by atoms with van der Waals surface area (Å²) in [6.45, 7) is 29.5. The molecule has 21 nitrogen and oxygen atoms in total. The van der Waals surface area contributed by atoms with E-state index in [0.717, 1.165) is 43.3 Å². The average molecular weight is 1320 g/mol. The Bertz CT molecular complexity index is 5290. The van der Waals surface area contributed by atoms with Gasteiger partial charge in [0.05, 0.1) is 57.5 Å². The van der Waals surface area contributed by atoms with E-state index in [9.17, 15) is 75.5 Å². The molecule has 0 bridgehead atoms. The summed E-state index contributed by atoms with van der Waals surface area (Å²) in [5, 5.41) is 97.4. The van der Waals surface area contributed by atoms with Crippen LogP contribution in [0, 0.1) is 244 Å². The molecule has 0 amide bonds. The molecule has 1 aliphatic rings. The lowest BCUT2D eigenvalue weighted by Gasteiger charge is -2.08. The molecular weight excluding hydrogens is 1320 g/mol. The van der Waals surface area contributed by atoms with Crippen molar-refractivity contribution in [3.05, 3.63) is 216 Å². The van der Waals surface area contributed by atoms with Crippen LogP contribution >= 0.6 is 0 Å². The number of halogens is 16. The van der Waals surface area contributed by atoms with E-state index in [4.69, 9.17) is 52.6 Å². The zero-order valence-electron chi connectivity index (χ0n) is 45.9. The molecule has 8 aromatic rings. The summed E-state index contributed by atoms with van der Waals surface area (Å²) >= 11 is 0. The van der Waals surface area contributed by atoms with Gasteiger partial charge >= 0.3 is 11.6 Å². The van der Waals surface area contributed by atoms with Crippen molar-refractivity contribution in [3.8, 4) is 66.8 Å². The zero-order valence-corrected chi connectivity index (χ0v) is 45.9. The quantitative estimate of drug-likeness (QED) is 0.0521. The lowest BCUT2D eigenvalue weighted by Crippen LogP contribution is -2.30. The maximum Gasteiger partial charge on any atom is 0.307 e. The molecule has 0 aliphatic heterocycles. The van der Waals surface area contributed by atoms with E-state index in [0.29, 0.717) is 0 Å². The van der Waals surface area contributed by atoms with Gasteiger partial charge in [0.1, 0.15) is 99.5 Å². The Morgan fingerprint density at radius 3 is 0.907 bits per heavy atom. The minimum absolute atomic E-state index is 0.00714. The van der Waals surface area contributed by atoms with Gasteiger partial charge in [-0.15, -0.1) is 9.97 Å². The van der Waals surface area contributed by atoms with E-state index >= 15 is 26.3 Å². The first-order valence-corrected chi connectivity index (χ1v) is 24.2. The van der Waals surface area contributed by atoms with Gasteiger partial charge in [-0.05, 0) is 23.6 Å². The van der Waals surface area contributed by atoms with E-state index in [1.54, 1.807) is 24.3 Å². The molecular formula is C60H3F16N21. The average Bonchev–Trinajstić information content (AvgIpc) is 1.59. The second kappa shape index (κ2) is 26.8. The second-order valence-corrected chi connectivity index (χ2v) is 17.7. The molecule has 0 spiro atoms. The number of benzene rings is 5. The fraction of sp³-hybridized carbons (Fsp3) is 0.0167. The van der Waals surface area contributed by atoms with Crippen LogP contribution in [0.5, 0.6) is 0 Å². The number of hydrogen-bond donors (Lipinski definition) is 0. The van der Waals surface area contributed by atoms with Crippen LogP contribution in [0.2, 0.25) is 0 Å². The zero-order chi connectivity index (χ0) is 72.3. The van der Waals surface area contributed by atoms with Gasteiger partial charge in [0.15, 0.2) is 116 Å². The molecule has 0 saturated heterocycles. The topological polar surface area (TPSA) is 356 Å². The summed E-state index contributed by atoms with van der Waals surface area (Å²) in [6, 6.07) is 14.1. The van der Waals surface area contributed by atoms with Gasteiger partial charge in [-0.2, -0.15) is 57.9 Å². The predicted molar refractivity (Wildman–Crippen MR) is 285 cm³/mol. The molecule has 0 atom stereocenters. The molecule has 460 valence electrons. The maximum absolute atomic E-state index is 15.0. The fourth-order valence-electron chi connectivity index (χ4n) is 8.57. The van der Waals surface area contributed by atoms with Crippen LogP contribution in [0.4, 0.5) is 87.6 Å². The highest BCUT2D eigenvalue weighted by Gasteiger charge is 2.46. The first-order chi connectivity index (χ1) is 46.1. The normalized spacial score (nSPS) is 12.2. The SMILES string of the molecule is CC(C#N)=c1c(F)c(F)c(=C(C#N)C#N)c(F)c1F.[C-]#[N+]C(=C1C(=C(C#N)c2c(F)c(F)c(C#N)c(F)c2F)C1=C(C#N)c1c(F)c(F)c([N+]#[C-])c(F)c1F)c1c(F)c(F)c(C#N)c(F)c1F.[C-]#[N+]c1nc2c(nc1C#N)c1nc(C#N)c(C#N)nc1c1nc(C#N)c([N+]#[C-])nc12. The first-order valence-electron chi connectivity index (χ1n) is 24.2. The molecule has 1 aliphatic carbocycles. The highest BCUT2D eigenvalue weighted by atomic mass is 19.2. The monoisotopic (exact) mass is 1320 g/mol. The molecule has 97 heavy (non-hydrogen) atoms. The van der Waals surface area contributed by atoms with Crippen LogP contribution in [0.1, 0.15) is 57.5 Å². The van der Waals surface area contributed by atoms with Crippen LogP contribution < -0.4 is 10.4 Å². The molecule has 3 heterocycles. The van der Waals surface area contributed by atoms with E-state index in [-0.39, 0.29) is 67.5 Å². The van der Waals surface area contributed by atoms with Crippen molar-refractivity contribution >= 4 is 78.4 Å². The van der Waals surface area contributed by atoms with E-state index in [1.807, 2.05) is 0 Å². The van der Waals surface area contributed by atoms with Crippen LogP contribution in [0.3, 0.4) is 0 Å². The summed E-state index contributed by atoms with van der Waals surface area (Å²) in [6.07, 6.45) is 0. The van der Waals surface area contributed by atoms with Crippen LogP contribution in [0.25, 0.3) is 80.5 Å². The van der Waals surface area contributed by atoms with Gasteiger partial charge in [0.25, 0.3) is 5.69 Å². The lowest BCUT2D eigenvalue weighted by molar-refractivity contribution is 0.434. The van der Waals surface area contributed by atoms with Crippen molar-refractivity contribution in [2.24, 2.45) is 0 Å². The van der Waals surface area contributed by atoms with Crippen LogP contribution in [-0.4, -0.2) is 29.9 Å². The van der Waals surface area contributed by atoms with E-state index in [2.05, 4.69) is 49.3 Å². The Morgan fingerprint density at radius 2 is 0.629 bits per heavy atom. The van der Waals surface area contributed by atoms with Crippen molar-refractivity contribution in [3.63, 3.8) is 0 Å². The summed E-state index contributed by atoms with van der Waals surface area (Å²) in [5.74, 6) is -37.8. The number of allylic oxidation sites excluding steroid dienone is 5. The highest BCUT2D eigenvalue weighted by Crippen LogP contribution is 2.58. The third-order valence-corrected chi connectivity index (χ3v) is 12.8. The van der Waals surface area contributed by atoms with Gasteiger partial charge in [-0.25, -0.2) is 99.9 Å². The van der Waals surface area contributed by atoms with Gasteiger partial charge in [-0.3, -0.25) is 0 Å². The summed E-state index contributed by atoms with van der Waals surface area (Å²) in [4.78, 5) is 36.0. The minimum Gasteiger partial charge on any atom is -0.358 e. The van der Waals surface area contributed by atoms with Crippen molar-refractivity contribution in [1.29, 1.82) is 57.9 Å². The number of nitriles is 11.